The van der Waals surface area contributed by atoms with Crippen LogP contribution in [0.15, 0.2) is 12.3 Å². The molecule has 0 aromatic heterocycles. The van der Waals surface area contributed by atoms with Crippen molar-refractivity contribution in [2.75, 3.05) is 7.05 Å². The third-order valence-electron chi connectivity index (χ3n) is 1.76. The number of hydrogen-bond donors (Lipinski definition) is 0. The Balaban J connectivity index is 3.56. The lowest BCUT2D eigenvalue weighted by molar-refractivity contribution is 0.374. The molecule has 0 aromatic rings. The molecule has 0 aliphatic heterocycles. The monoisotopic (exact) mass is 155 g/mol. The van der Waals surface area contributed by atoms with Crippen molar-refractivity contribution in [3.05, 3.63) is 12.3 Å². The standard InChI is InChI=1S/C10H21N/c1-9(2)7-6-8-11(5)10(3)4/h6,8-10H,7H2,1-5H3/b8-6-. The van der Waals surface area contributed by atoms with E-state index < -0.39 is 0 Å². The van der Waals surface area contributed by atoms with Gasteiger partial charge in [-0.05, 0) is 32.4 Å². The number of nitrogens with zero attached hydrogens (tertiary/aromatic N) is 1. The first kappa shape index (κ1) is 10.5. The molecule has 0 fully saturated rings. The van der Waals surface area contributed by atoms with E-state index >= 15 is 0 Å². The average molecular weight is 155 g/mol. The zero-order valence-corrected chi connectivity index (χ0v) is 8.46. The fourth-order valence-corrected chi connectivity index (χ4v) is 0.671. The van der Waals surface area contributed by atoms with Crippen molar-refractivity contribution in [3.8, 4) is 0 Å². The molecule has 0 rings (SSSR count). The largest absolute Gasteiger partial charge is 0.378 e. The highest BCUT2D eigenvalue weighted by Crippen LogP contribution is 2.01. The van der Waals surface area contributed by atoms with E-state index in [9.17, 15) is 0 Å². The molecule has 0 radical (unpaired) electrons. The van der Waals surface area contributed by atoms with Crippen LogP contribution in [0.3, 0.4) is 0 Å². The van der Waals surface area contributed by atoms with Crippen LogP contribution in [0.5, 0.6) is 0 Å². The summed E-state index contributed by atoms with van der Waals surface area (Å²) in [5.41, 5.74) is 0. The quantitative estimate of drug-likeness (QED) is 0.603. The molecule has 0 N–H and O–H groups in total. The molecule has 0 spiro atoms. The number of allylic oxidation sites excluding steroid dienone is 1. The van der Waals surface area contributed by atoms with Gasteiger partial charge in [0.2, 0.25) is 0 Å². The first-order valence-corrected chi connectivity index (χ1v) is 4.42. The molecule has 0 amide bonds. The lowest BCUT2D eigenvalue weighted by atomic mass is 10.1. The van der Waals surface area contributed by atoms with Gasteiger partial charge in [-0.3, -0.25) is 0 Å². The molecule has 0 bridgehead atoms. The Morgan fingerprint density at radius 1 is 1.18 bits per heavy atom. The summed E-state index contributed by atoms with van der Waals surface area (Å²) in [6, 6.07) is 0.610. The minimum Gasteiger partial charge on any atom is -0.378 e. The van der Waals surface area contributed by atoms with Gasteiger partial charge >= 0.3 is 0 Å². The zero-order chi connectivity index (χ0) is 8.85. The molecule has 0 atom stereocenters. The fourth-order valence-electron chi connectivity index (χ4n) is 0.671. The molecule has 66 valence electrons. The second-order valence-electron chi connectivity index (χ2n) is 3.77. The van der Waals surface area contributed by atoms with Crippen molar-refractivity contribution in [1.82, 2.24) is 4.90 Å². The van der Waals surface area contributed by atoms with Gasteiger partial charge in [0.05, 0.1) is 0 Å². The van der Waals surface area contributed by atoms with Crippen molar-refractivity contribution in [2.45, 2.75) is 40.2 Å². The first-order valence-electron chi connectivity index (χ1n) is 4.42. The Morgan fingerprint density at radius 3 is 2.09 bits per heavy atom. The molecule has 0 aromatic carbocycles. The molecule has 0 heterocycles. The van der Waals surface area contributed by atoms with Crippen molar-refractivity contribution in [1.29, 1.82) is 0 Å². The van der Waals surface area contributed by atoms with E-state index in [0.29, 0.717) is 6.04 Å². The predicted molar refractivity (Wildman–Crippen MR) is 51.5 cm³/mol. The summed E-state index contributed by atoms with van der Waals surface area (Å²) in [5.74, 6) is 0.770. The fraction of sp³-hybridized carbons (Fsp3) is 0.800. The molecule has 0 saturated heterocycles. The Bertz CT molecular complexity index is 114. The lowest BCUT2D eigenvalue weighted by Crippen LogP contribution is -2.19. The van der Waals surface area contributed by atoms with Gasteiger partial charge in [0.25, 0.3) is 0 Å². The second-order valence-corrected chi connectivity index (χ2v) is 3.77. The first-order chi connectivity index (χ1) is 5.04. The Kier molecular flexibility index (Phi) is 5.01. The maximum Gasteiger partial charge on any atom is 0.0224 e. The lowest BCUT2D eigenvalue weighted by Gasteiger charge is -2.18. The van der Waals surface area contributed by atoms with Gasteiger partial charge in [-0.25, -0.2) is 0 Å². The molecule has 0 aliphatic carbocycles. The van der Waals surface area contributed by atoms with Gasteiger partial charge < -0.3 is 4.90 Å². The highest BCUT2D eigenvalue weighted by molar-refractivity contribution is 4.82. The molecule has 1 heteroatoms. The maximum absolute atomic E-state index is 2.24. The van der Waals surface area contributed by atoms with Crippen molar-refractivity contribution in [2.24, 2.45) is 5.92 Å². The molecule has 0 aliphatic rings. The van der Waals surface area contributed by atoms with E-state index in [1.807, 2.05) is 0 Å². The van der Waals surface area contributed by atoms with Crippen LogP contribution in [0.1, 0.15) is 34.1 Å². The van der Waals surface area contributed by atoms with Crippen molar-refractivity contribution >= 4 is 0 Å². The van der Waals surface area contributed by atoms with E-state index in [-0.39, 0.29) is 0 Å². The molecular weight excluding hydrogens is 134 g/mol. The van der Waals surface area contributed by atoms with Crippen LogP contribution in [-0.2, 0) is 0 Å². The van der Waals surface area contributed by atoms with Crippen LogP contribution in [0.4, 0.5) is 0 Å². The van der Waals surface area contributed by atoms with E-state index in [0.717, 1.165) is 5.92 Å². The molecule has 11 heavy (non-hydrogen) atoms. The maximum atomic E-state index is 2.24. The van der Waals surface area contributed by atoms with E-state index in [4.69, 9.17) is 0 Å². The van der Waals surface area contributed by atoms with E-state index in [1.165, 1.54) is 6.42 Å². The van der Waals surface area contributed by atoms with Crippen LogP contribution in [-0.4, -0.2) is 18.0 Å². The van der Waals surface area contributed by atoms with Crippen LogP contribution in [0.2, 0.25) is 0 Å². The summed E-state index contributed by atoms with van der Waals surface area (Å²) < 4.78 is 0. The zero-order valence-electron chi connectivity index (χ0n) is 8.46. The van der Waals surface area contributed by atoms with Gasteiger partial charge in [-0.2, -0.15) is 0 Å². The number of rotatable bonds is 4. The summed E-state index contributed by atoms with van der Waals surface area (Å²) >= 11 is 0. The van der Waals surface area contributed by atoms with Gasteiger partial charge in [0, 0.05) is 13.1 Å². The van der Waals surface area contributed by atoms with Crippen LogP contribution >= 0.6 is 0 Å². The van der Waals surface area contributed by atoms with E-state index in [1.54, 1.807) is 0 Å². The third kappa shape index (κ3) is 5.96. The van der Waals surface area contributed by atoms with Crippen molar-refractivity contribution < 1.29 is 0 Å². The van der Waals surface area contributed by atoms with Crippen molar-refractivity contribution in [3.63, 3.8) is 0 Å². The van der Waals surface area contributed by atoms with Crippen LogP contribution < -0.4 is 0 Å². The minimum atomic E-state index is 0.610. The SMILES string of the molecule is CC(C)C/C=C\N(C)C(C)C. The highest BCUT2D eigenvalue weighted by atomic mass is 15.1. The van der Waals surface area contributed by atoms with Gasteiger partial charge in [-0.15, -0.1) is 0 Å². The Hall–Kier alpha value is -0.460. The average Bonchev–Trinajstić information content (AvgIpc) is 1.86. The van der Waals surface area contributed by atoms with Crippen LogP contribution in [0, 0.1) is 5.92 Å². The third-order valence-corrected chi connectivity index (χ3v) is 1.76. The second kappa shape index (κ2) is 5.22. The Labute approximate surface area is 71.1 Å². The molecular formula is C10H21N. The van der Waals surface area contributed by atoms with Crippen LogP contribution in [0.25, 0.3) is 0 Å². The number of hydrogen-bond acceptors (Lipinski definition) is 1. The smallest absolute Gasteiger partial charge is 0.0224 e. The van der Waals surface area contributed by atoms with Gasteiger partial charge in [0.1, 0.15) is 0 Å². The topological polar surface area (TPSA) is 3.24 Å². The summed E-state index contributed by atoms with van der Waals surface area (Å²) in [4.78, 5) is 2.22. The summed E-state index contributed by atoms with van der Waals surface area (Å²) in [5, 5.41) is 0. The minimum absolute atomic E-state index is 0.610. The van der Waals surface area contributed by atoms with E-state index in [2.05, 4.69) is 51.9 Å². The molecule has 1 nitrogen and oxygen atoms in total. The normalized spacial score (nSPS) is 11.9. The molecule has 0 unspecified atom stereocenters. The summed E-state index contributed by atoms with van der Waals surface area (Å²) in [7, 11) is 2.11. The Morgan fingerprint density at radius 2 is 1.73 bits per heavy atom. The van der Waals surface area contributed by atoms with Gasteiger partial charge in [0.15, 0.2) is 0 Å². The summed E-state index contributed by atoms with van der Waals surface area (Å²) in [6.07, 6.45) is 5.59. The van der Waals surface area contributed by atoms with Gasteiger partial charge in [-0.1, -0.05) is 19.9 Å². The highest BCUT2D eigenvalue weighted by Gasteiger charge is 1.95. The predicted octanol–water partition coefficient (Wildman–Crippen LogP) is 2.89. The summed E-state index contributed by atoms with van der Waals surface area (Å²) in [6.45, 7) is 8.86. The molecule has 0 saturated carbocycles.